The number of nitriles is 1. The van der Waals surface area contributed by atoms with Gasteiger partial charge in [-0.2, -0.15) is 5.26 Å². The van der Waals surface area contributed by atoms with Crippen molar-refractivity contribution in [2.75, 3.05) is 5.32 Å². The first-order valence-electron chi connectivity index (χ1n) is 10.8. The van der Waals surface area contributed by atoms with Crippen molar-refractivity contribution in [1.82, 2.24) is 9.97 Å². The molecule has 2 heterocycles. The van der Waals surface area contributed by atoms with Crippen LogP contribution in [0.15, 0.2) is 79.0 Å². The normalized spacial score (nSPS) is 10.8. The van der Waals surface area contributed by atoms with Gasteiger partial charge in [0.25, 0.3) is 5.91 Å². The zero-order valence-electron chi connectivity index (χ0n) is 18.4. The molecule has 2 N–H and O–H groups in total. The fraction of sp³-hybridized carbons (Fsp3) is 0.0714. The quantitative estimate of drug-likeness (QED) is 0.346. The lowest BCUT2D eigenvalue weighted by Gasteiger charge is -2.08. The average molecular weight is 444 g/mol. The van der Waals surface area contributed by atoms with Gasteiger partial charge >= 0.3 is 0 Å². The molecule has 5 aromatic rings. The molecule has 0 aliphatic carbocycles. The van der Waals surface area contributed by atoms with E-state index >= 15 is 0 Å². The lowest BCUT2D eigenvalue weighted by atomic mass is 9.99. The van der Waals surface area contributed by atoms with Crippen LogP contribution in [-0.2, 0) is 6.42 Å². The maximum absolute atomic E-state index is 13.1. The van der Waals surface area contributed by atoms with Crippen LogP contribution in [-0.4, -0.2) is 21.7 Å². The predicted molar refractivity (Wildman–Crippen MR) is 132 cm³/mol. The molecule has 0 bridgehead atoms. The van der Waals surface area contributed by atoms with Gasteiger partial charge < -0.3 is 10.3 Å². The standard InChI is InChI=1S/C28H20N4O2/c1-17-26(25(33)14-18-7-9-19(16-29)10-8-18)22-12-11-21(15-24(22)31-17)32-28(34)23-6-2-4-20-5-3-13-30-27(20)23/h2-13,15,31H,14H2,1H3,(H,32,34). The molecular weight excluding hydrogens is 424 g/mol. The van der Waals surface area contributed by atoms with Crippen molar-refractivity contribution in [2.45, 2.75) is 13.3 Å². The van der Waals surface area contributed by atoms with Gasteiger partial charge in [0, 0.05) is 45.9 Å². The minimum atomic E-state index is -0.246. The SMILES string of the molecule is Cc1[nH]c2cc(NC(=O)c3cccc4cccnc34)ccc2c1C(=O)Cc1ccc(C#N)cc1. The number of aromatic nitrogens is 2. The Morgan fingerprint density at radius 1 is 1.03 bits per heavy atom. The number of benzene rings is 3. The van der Waals surface area contributed by atoms with Crippen molar-refractivity contribution >= 4 is 39.2 Å². The number of fused-ring (bicyclic) bond motifs is 2. The van der Waals surface area contributed by atoms with Gasteiger partial charge in [0.15, 0.2) is 5.78 Å². The van der Waals surface area contributed by atoms with Gasteiger partial charge in [-0.1, -0.05) is 36.4 Å². The molecule has 5 rings (SSSR count). The molecule has 0 fully saturated rings. The molecule has 1 amide bonds. The third-order valence-corrected chi connectivity index (χ3v) is 5.85. The fourth-order valence-corrected chi connectivity index (χ4v) is 4.23. The summed E-state index contributed by atoms with van der Waals surface area (Å²) in [6.45, 7) is 1.87. The summed E-state index contributed by atoms with van der Waals surface area (Å²) in [4.78, 5) is 33.7. The zero-order chi connectivity index (χ0) is 23.7. The minimum Gasteiger partial charge on any atom is -0.358 e. The van der Waals surface area contributed by atoms with E-state index in [1.165, 1.54) is 0 Å². The molecular formula is C28H20N4O2. The largest absolute Gasteiger partial charge is 0.358 e. The summed E-state index contributed by atoms with van der Waals surface area (Å²) in [5.74, 6) is -0.254. The smallest absolute Gasteiger partial charge is 0.257 e. The number of amides is 1. The predicted octanol–water partition coefficient (Wildman–Crippen LogP) is 5.57. The highest BCUT2D eigenvalue weighted by Gasteiger charge is 2.18. The average Bonchev–Trinajstić information content (AvgIpc) is 3.19. The number of aromatic amines is 1. The summed E-state index contributed by atoms with van der Waals surface area (Å²) in [5.41, 5.74) is 5.37. The topological polar surface area (TPSA) is 98.6 Å². The van der Waals surface area contributed by atoms with Crippen molar-refractivity contribution in [2.24, 2.45) is 0 Å². The van der Waals surface area contributed by atoms with Gasteiger partial charge in [0.2, 0.25) is 0 Å². The van der Waals surface area contributed by atoms with Gasteiger partial charge in [-0.15, -0.1) is 0 Å². The second kappa shape index (κ2) is 8.64. The van der Waals surface area contributed by atoms with Crippen molar-refractivity contribution in [1.29, 1.82) is 5.26 Å². The second-order valence-electron chi connectivity index (χ2n) is 8.13. The Bertz CT molecular complexity index is 1600. The Hall–Kier alpha value is -4.76. The van der Waals surface area contributed by atoms with Crippen LogP contribution in [0.4, 0.5) is 5.69 Å². The molecule has 0 unspecified atom stereocenters. The fourth-order valence-electron chi connectivity index (χ4n) is 4.23. The number of aryl methyl sites for hydroxylation is 1. The molecule has 0 atom stereocenters. The van der Waals surface area contributed by atoms with E-state index in [-0.39, 0.29) is 18.1 Å². The number of nitrogens with one attached hydrogen (secondary N) is 2. The van der Waals surface area contributed by atoms with Crippen molar-refractivity contribution < 1.29 is 9.59 Å². The van der Waals surface area contributed by atoms with Gasteiger partial charge in [0.05, 0.1) is 22.7 Å². The third kappa shape index (κ3) is 3.91. The van der Waals surface area contributed by atoms with Gasteiger partial charge in [-0.05, 0) is 48.9 Å². The number of hydrogen-bond acceptors (Lipinski definition) is 4. The van der Waals surface area contributed by atoms with Crippen LogP contribution in [0, 0.1) is 18.3 Å². The molecule has 0 spiro atoms. The second-order valence-corrected chi connectivity index (χ2v) is 8.13. The van der Waals surface area contributed by atoms with E-state index in [2.05, 4.69) is 21.4 Å². The molecule has 3 aromatic carbocycles. The highest BCUT2D eigenvalue weighted by molar-refractivity contribution is 6.13. The van der Waals surface area contributed by atoms with E-state index in [0.29, 0.717) is 27.9 Å². The molecule has 164 valence electrons. The Labute approximate surface area is 195 Å². The first-order chi connectivity index (χ1) is 16.5. The van der Waals surface area contributed by atoms with Gasteiger partial charge in [0.1, 0.15) is 0 Å². The zero-order valence-corrected chi connectivity index (χ0v) is 18.4. The van der Waals surface area contributed by atoms with E-state index in [1.807, 2.05) is 43.3 Å². The lowest BCUT2D eigenvalue weighted by Crippen LogP contribution is -2.12. The molecule has 0 saturated carbocycles. The molecule has 0 saturated heterocycles. The van der Waals surface area contributed by atoms with E-state index in [1.54, 1.807) is 42.6 Å². The summed E-state index contributed by atoms with van der Waals surface area (Å²) in [6, 6.07) is 23.9. The molecule has 2 aromatic heterocycles. The number of carbonyl (C=O) groups excluding carboxylic acids is 2. The first kappa shape index (κ1) is 21.1. The Morgan fingerprint density at radius 3 is 2.62 bits per heavy atom. The monoisotopic (exact) mass is 444 g/mol. The molecule has 34 heavy (non-hydrogen) atoms. The summed E-state index contributed by atoms with van der Waals surface area (Å²) in [5, 5.41) is 13.6. The van der Waals surface area contributed by atoms with E-state index < -0.39 is 0 Å². The Balaban J connectivity index is 1.40. The number of rotatable bonds is 5. The number of carbonyl (C=O) groups is 2. The van der Waals surface area contributed by atoms with Gasteiger partial charge in [-0.3, -0.25) is 14.6 Å². The maximum Gasteiger partial charge on any atom is 0.257 e. The summed E-state index contributed by atoms with van der Waals surface area (Å²) in [7, 11) is 0. The number of hydrogen-bond donors (Lipinski definition) is 2. The van der Waals surface area contributed by atoms with E-state index in [4.69, 9.17) is 5.26 Å². The van der Waals surface area contributed by atoms with Crippen LogP contribution in [0.5, 0.6) is 0 Å². The number of pyridine rings is 1. The lowest BCUT2D eigenvalue weighted by molar-refractivity contribution is 0.0992. The molecule has 6 heteroatoms. The number of nitrogens with zero attached hydrogens (tertiary/aromatic N) is 2. The van der Waals surface area contributed by atoms with E-state index in [9.17, 15) is 9.59 Å². The van der Waals surface area contributed by atoms with Crippen LogP contribution < -0.4 is 5.32 Å². The number of Topliss-reactive ketones (excluding diaryl/α,β-unsaturated/α-hetero) is 1. The molecule has 6 nitrogen and oxygen atoms in total. The van der Waals surface area contributed by atoms with Gasteiger partial charge in [-0.25, -0.2) is 0 Å². The van der Waals surface area contributed by atoms with Crippen molar-refractivity contribution in [3.05, 3.63) is 107 Å². The number of H-pyrrole nitrogens is 1. The van der Waals surface area contributed by atoms with Crippen LogP contribution in [0.1, 0.15) is 37.5 Å². The Kier molecular flexibility index (Phi) is 5.36. The summed E-state index contributed by atoms with van der Waals surface area (Å²) in [6.07, 6.45) is 1.91. The number of ketones is 1. The molecule has 0 aliphatic rings. The highest BCUT2D eigenvalue weighted by Crippen LogP contribution is 2.27. The van der Waals surface area contributed by atoms with Crippen LogP contribution >= 0.6 is 0 Å². The van der Waals surface area contributed by atoms with E-state index in [0.717, 1.165) is 27.5 Å². The molecule has 0 radical (unpaired) electrons. The van der Waals surface area contributed by atoms with Crippen molar-refractivity contribution in [3.63, 3.8) is 0 Å². The van der Waals surface area contributed by atoms with Crippen LogP contribution in [0.25, 0.3) is 21.8 Å². The van der Waals surface area contributed by atoms with Crippen molar-refractivity contribution in [3.8, 4) is 6.07 Å². The number of para-hydroxylation sites is 1. The third-order valence-electron chi connectivity index (χ3n) is 5.85. The highest BCUT2D eigenvalue weighted by atomic mass is 16.1. The Morgan fingerprint density at radius 2 is 1.82 bits per heavy atom. The minimum absolute atomic E-state index is 0.00734. The van der Waals surface area contributed by atoms with Crippen LogP contribution in [0.2, 0.25) is 0 Å². The number of anilines is 1. The summed E-state index contributed by atoms with van der Waals surface area (Å²) >= 11 is 0. The first-order valence-corrected chi connectivity index (χ1v) is 10.8. The van der Waals surface area contributed by atoms with Crippen LogP contribution in [0.3, 0.4) is 0 Å². The molecule has 0 aliphatic heterocycles. The maximum atomic E-state index is 13.1. The summed E-state index contributed by atoms with van der Waals surface area (Å²) < 4.78 is 0.